The number of benzene rings is 1. The lowest BCUT2D eigenvalue weighted by molar-refractivity contribution is -0.120. The monoisotopic (exact) mass is 285 g/mol. The van der Waals surface area contributed by atoms with E-state index in [1.54, 1.807) is 11.8 Å². The zero-order valence-electron chi connectivity index (χ0n) is 11.1. The third-order valence-corrected chi connectivity index (χ3v) is 3.88. The Morgan fingerprint density at radius 3 is 2.44 bits per heavy atom. The molecule has 100 valence electrons. The molecule has 0 spiro atoms. The number of carbonyl (C=O) groups is 1. The fourth-order valence-electron chi connectivity index (χ4n) is 1.40. The van der Waals surface area contributed by atoms with E-state index in [1.165, 1.54) is 0 Å². The van der Waals surface area contributed by atoms with Crippen molar-refractivity contribution in [3.05, 3.63) is 29.3 Å². The molecule has 4 heteroatoms. The summed E-state index contributed by atoms with van der Waals surface area (Å²) in [5.41, 5.74) is 0. The minimum atomic E-state index is -0.0849. The molecule has 0 unspecified atom stereocenters. The molecule has 18 heavy (non-hydrogen) atoms. The van der Waals surface area contributed by atoms with E-state index < -0.39 is 0 Å². The van der Waals surface area contributed by atoms with Gasteiger partial charge >= 0.3 is 0 Å². The molecule has 0 radical (unpaired) electrons. The largest absolute Gasteiger partial charge is 0.355 e. The molecular weight excluding hydrogens is 266 g/mol. The summed E-state index contributed by atoms with van der Waals surface area (Å²) in [4.78, 5) is 12.9. The maximum Gasteiger partial charge on any atom is 0.233 e. The van der Waals surface area contributed by atoms with Gasteiger partial charge in [-0.1, -0.05) is 25.4 Å². The Kier molecular flexibility index (Phi) is 6.58. The third kappa shape index (κ3) is 5.78. The van der Waals surface area contributed by atoms with Crippen molar-refractivity contribution in [2.75, 3.05) is 6.54 Å². The van der Waals surface area contributed by atoms with Crippen molar-refractivity contribution in [3.63, 3.8) is 0 Å². The second kappa shape index (κ2) is 7.70. The first-order valence-corrected chi connectivity index (χ1v) is 7.44. The average molecular weight is 286 g/mol. The van der Waals surface area contributed by atoms with Gasteiger partial charge < -0.3 is 5.32 Å². The van der Waals surface area contributed by atoms with Crippen molar-refractivity contribution >= 4 is 29.3 Å². The molecule has 0 aliphatic rings. The predicted octanol–water partition coefficient (Wildman–Crippen LogP) is 3.98. The van der Waals surface area contributed by atoms with Crippen LogP contribution in [0.25, 0.3) is 0 Å². The molecule has 0 bridgehead atoms. The molecule has 2 nitrogen and oxygen atoms in total. The van der Waals surface area contributed by atoms with Crippen molar-refractivity contribution in [1.82, 2.24) is 5.32 Å². The molecule has 0 aromatic heterocycles. The lowest BCUT2D eigenvalue weighted by Crippen LogP contribution is -2.32. The van der Waals surface area contributed by atoms with Crippen molar-refractivity contribution in [2.24, 2.45) is 5.92 Å². The van der Waals surface area contributed by atoms with Crippen molar-refractivity contribution in [3.8, 4) is 0 Å². The first-order valence-electron chi connectivity index (χ1n) is 6.19. The van der Waals surface area contributed by atoms with E-state index in [0.29, 0.717) is 10.9 Å². The number of hydrogen-bond donors (Lipinski definition) is 1. The number of carbonyl (C=O) groups excluding carboxylic acids is 1. The van der Waals surface area contributed by atoms with Crippen LogP contribution in [0.1, 0.15) is 27.2 Å². The summed E-state index contributed by atoms with van der Waals surface area (Å²) in [6, 6.07) is 7.55. The number of rotatable bonds is 6. The number of thioether (sulfide) groups is 1. The van der Waals surface area contributed by atoms with Gasteiger partial charge in [0.15, 0.2) is 0 Å². The Bertz CT molecular complexity index is 378. The van der Waals surface area contributed by atoms with Gasteiger partial charge in [0.2, 0.25) is 5.91 Å². The zero-order valence-corrected chi connectivity index (χ0v) is 12.6. The van der Waals surface area contributed by atoms with Gasteiger partial charge in [0.25, 0.3) is 0 Å². The van der Waals surface area contributed by atoms with Crippen LogP contribution in [0, 0.1) is 5.92 Å². The molecule has 1 aromatic rings. The minimum absolute atomic E-state index is 0.0849. The van der Waals surface area contributed by atoms with Crippen LogP contribution >= 0.6 is 23.4 Å². The van der Waals surface area contributed by atoms with E-state index in [-0.39, 0.29) is 11.2 Å². The average Bonchev–Trinajstić information content (AvgIpc) is 2.31. The van der Waals surface area contributed by atoms with Gasteiger partial charge in [0, 0.05) is 16.5 Å². The molecule has 0 aliphatic heterocycles. The van der Waals surface area contributed by atoms with Crippen LogP contribution in [-0.4, -0.2) is 17.7 Å². The van der Waals surface area contributed by atoms with Crippen LogP contribution in [0.3, 0.4) is 0 Å². The van der Waals surface area contributed by atoms with Gasteiger partial charge in [-0.25, -0.2) is 0 Å². The normalized spacial score (nSPS) is 12.5. The summed E-state index contributed by atoms with van der Waals surface area (Å²) in [5.74, 6) is 0.708. The molecule has 1 N–H and O–H groups in total. The second-order valence-corrected chi connectivity index (χ2v) is 6.54. The smallest absolute Gasteiger partial charge is 0.233 e. The van der Waals surface area contributed by atoms with Crippen molar-refractivity contribution < 1.29 is 4.79 Å². The Morgan fingerprint density at radius 2 is 1.89 bits per heavy atom. The Morgan fingerprint density at radius 1 is 1.28 bits per heavy atom. The van der Waals surface area contributed by atoms with Crippen molar-refractivity contribution in [1.29, 1.82) is 0 Å². The fraction of sp³-hybridized carbons (Fsp3) is 0.500. The lowest BCUT2D eigenvalue weighted by Gasteiger charge is -2.12. The quantitative estimate of drug-likeness (QED) is 0.801. The third-order valence-electron chi connectivity index (χ3n) is 2.52. The number of nitrogens with one attached hydrogen (secondary N) is 1. The zero-order chi connectivity index (χ0) is 13.5. The summed E-state index contributed by atoms with van der Waals surface area (Å²) in [6.07, 6.45) is 1.02. The Labute approximate surface area is 118 Å². The first kappa shape index (κ1) is 15.4. The van der Waals surface area contributed by atoms with E-state index >= 15 is 0 Å². The molecule has 1 rings (SSSR count). The molecule has 0 saturated carbocycles. The molecule has 0 fully saturated rings. The van der Waals surface area contributed by atoms with Gasteiger partial charge in [-0.3, -0.25) is 4.79 Å². The summed E-state index contributed by atoms with van der Waals surface area (Å²) in [7, 11) is 0. The van der Waals surface area contributed by atoms with Crippen LogP contribution in [-0.2, 0) is 4.79 Å². The predicted molar refractivity (Wildman–Crippen MR) is 79.2 cm³/mol. The molecule has 1 atom stereocenters. The summed E-state index contributed by atoms with van der Waals surface area (Å²) >= 11 is 7.37. The van der Waals surface area contributed by atoms with Crippen LogP contribution in [0.5, 0.6) is 0 Å². The standard InChI is InChI=1S/C14H20ClNOS/c1-10(2)8-9-16-14(17)11(3)18-13-6-4-12(15)5-7-13/h4-7,10-11H,8-9H2,1-3H3,(H,16,17)/t11-/m1/s1. The van der Waals surface area contributed by atoms with Gasteiger partial charge in [-0.05, 0) is 43.5 Å². The number of amides is 1. The maximum absolute atomic E-state index is 11.8. The molecule has 0 heterocycles. The summed E-state index contributed by atoms with van der Waals surface area (Å²) < 4.78 is 0. The molecule has 0 saturated heterocycles. The topological polar surface area (TPSA) is 29.1 Å². The van der Waals surface area contributed by atoms with Crippen LogP contribution in [0.2, 0.25) is 5.02 Å². The highest BCUT2D eigenvalue weighted by atomic mass is 35.5. The van der Waals surface area contributed by atoms with Crippen LogP contribution in [0.15, 0.2) is 29.2 Å². The highest BCUT2D eigenvalue weighted by Crippen LogP contribution is 2.24. The summed E-state index contributed by atoms with van der Waals surface area (Å²) in [6.45, 7) is 6.97. The van der Waals surface area contributed by atoms with E-state index in [2.05, 4.69) is 19.2 Å². The lowest BCUT2D eigenvalue weighted by atomic mass is 10.1. The van der Waals surface area contributed by atoms with Crippen LogP contribution in [0.4, 0.5) is 0 Å². The first-order chi connectivity index (χ1) is 8.49. The SMILES string of the molecule is CC(C)CCNC(=O)[C@@H](C)Sc1ccc(Cl)cc1. The number of halogens is 1. The van der Waals surface area contributed by atoms with E-state index in [4.69, 9.17) is 11.6 Å². The van der Waals surface area contributed by atoms with E-state index in [0.717, 1.165) is 17.9 Å². The molecule has 1 aromatic carbocycles. The Balaban J connectivity index is 2.37. The van der Waals surface area contributed by atoms with E-state index in [9.17, 15) is 4.79 Å². The van der Waals surface area contributed by atoms with Gasteiger partial charge in [-0.2, -0.15) is 0 Å². The van der Waals surface area contributed by atoms with Crippen molar-refractivity contribution in [2.45, 2.75) is 37.3 Å². The second-order valence-electron chi connectivity index (χ2n) is 4.69. The number of hydrogen-bond acceptors (Lipinski definition) is 2. The Hall–Kier alpha value is -0.670. The highest BCUT2D eigenvalue weighted by Gasteiger charge is 2.13. The highest BCUT2D eigenvalue weighted by molar-refractivity contribution is 8.00. The van der Waals surface area contributed by atoms with E-state index in [1.807, 2.05) is 31.2 Å². The van der Waals surface area contributed by atoms with Gasteiger partial charge in [-0.15, -0.1) is 11.8 Å². The van der Waals surface area contributed by atoms with Gasteiger partial charge in [0.1, 0.15) is 0 Å². The molecule has 1 amide bonds. The van der Waals surface area contributed by atoms with Gasteiger partial charge in [0.05, 0.1) is 5.25 Å². The minimum Gasteiger partial charge on any atom is -0.355 e. The maximum atomic E-state index is 11.8. The summed E-state index contributed by atoms with van der Waals surface area (Å²) in [5, 5.41) is 3.59. The van der Waals surface area contributed by atoms with Crippen LogP contribution < -0.4 is 5.32 Å². The molecular formula is C14H20ClNOS. The molecule has 0 aliphatic carbocycles. The fourth-order valence-corrected chi connectivity index (χ4v) is 2.42.